The third-order valence-electron chi connectivity index (χ3n) is 1.21. The Morgan fingerprint density at radius 3 is 2.75 bits per heavy atom. The molecule has 12 heavy (non-hydrogen) atoms. The Balaban J connectivity index is 2.65. The highest BCUT2D eigenvalue weighted by molar-refractivity contribution is 5.75. The molecular weight excluding hydrogens is 159 g/mol. The average Bonchev–Trinajstić information content (AvgIpc) is 2.03. The van der Waals surface area contributed by atoms with E-state index in [1.807, 2.05) is 0 Å². The Morgan fingerprint density at radius 1 is 1.50 bits per heavy atom. The predicted octanol–water partition coefficient (Wildman–Crippen LogP) is -0.00590. The van der Waals surface area contributed by atoms with Crippen molar-refractivity contribution in [3.63, 3.8) is 0 Å². The molecule has 0 spiro atoms. The molecule has 0 fully saturated rings. The Kier molecular flexibility index (Phi) is 2.57. The topological polar surface area (TPSA) is 77.3 Å². The summed E-state index contributed by atoms with van der Waals surface area (Å²) in [5.41, 5.74) is 10.8. The predicted molar refractivity (Wildman–Crippen MR) is 43.7 cm³/mol. The van der Waals surface area contributed by atoms with Crippen LogP contribution < -0.4 is 11.5 Å². The Labute approximate surface area is 69.1 Å². The summed E-state index contributed by atoms with van der Waals surface area (Å²) in [5, 5.41) is 0. The Bertz CT molecular complexity index is 276. The highest BCUT2D eigenvalue weighted by atomic mass is 19.1. The zero-order valence-corrected chi connectivity index (χ0v) is 6.37. The summed E-state index contributed by atoms with van der Waals surface area (Å²) in [7, 11) is 0. The molecule has 5 heteroatoms. The molecule has 0 saturated carbocycles. The minimum absolute atomic E-state index is 0.00104. The van der Waals surface area contributed by atoms with E-state index in [0.717, 1.165) is 6.20 Å². The van der Waals surface area contributed by atoms with Gasteiger partial charge < -0.3 is 11.5 Å². The first-order valence-electron chi connectivity index (χ1n) is 3.34. The minimum atomic E-state index is -0.372. The molecule has 0 atom stereocenters. The van der Waals surface area contributed by atoms with Gasteiger partial charge in [-0.1, -0.05) is 0 Å². The van der Waals surface area contributed by atoms with Crippen LogP contribution in [0.2, 0.25) is 0 Å². The molecule has 4 nitrogen and oxygen atoms in total. The maximum atomic E-state index is 12.3. The number of rotatable bonds is 2. The van der Waals surface area contributed by atoms with Crippen LogP contribution >= 0.6 is 0 Å². The normalized spacial score (nSPS) is 9.42. The van der Waals surface area contributed by atoms with Gasteiger partial charge in [0.25, 0.3) is 0 Å². The van der Waals surface area contributed by atoms with Crippen molar-refractivity contribution in [1.29, 1.82) is 0 Å². The number of hydrogen-bond donors (Lipinski definition) is 2. The molecule has 0 aliphatic rings. The number of nitrogens with zero attached hydrogens (tertiary/aromatic N) is 2. The van der Waals surface area contributed by atoms with Crippen molar-refractivity contribution < 1.29 is 4.39 Å². The zero-order chi connectivity index (χ0) is 8.97. The van der Waals surface area contributed by atoms with Gasteiger partial charge in [-0.2, -0.15) is 0 Å². The monoisotopic (exact) mass is 168 g/mol. The molecule has 1 rings (SSSR count). The van der Waals surface area contributed by atoms with Gasteiger partial charge in [-0.3, -0.25) is 4.98 Å². The smallest absolute Gasteiger partial charge is 0.186 e. The first kappa shape index (κ1) is 8.45. The molecule has 1 heterocycles. The molecule has 0 bridgehead atoms. The fourth-order valence-electron chi connectivity index (χ4n) is 0.672. The lowest BCUT2D eigenvalue weighted by Crippen LogP contribution is -2.22. The van der Waals surface area contributed by atoms with E-state index in [1.165, 1.54) is 12.1 Å². The average molecular weight is 168 g/mol. The van der Waals surface area contributed by atoms with Crippen molar-refractivity contribution in [2.24, 2.45) is 16.5 Å². The van der Waals surface area contributed by atoms with Crippen molar-refractivity contribution in [3.05, 3.63) is 29.8 Å². The lowest BCUT2D eigenvalue weighted by molar-refractivity contribution is 0.619. The van der Waals surface area contributed by atoms with Gasteiger partial charge in [-0.25, -0.2) is 9.38 Å². The summed E-state index contributed by atoms with van der Waals surface area (Å²) in [6.07, 6.45) is 1.12. The first-order valence-corrected chi connectivity index (χ1v) is 3.34. The van der Waals surface area contributed by atoms with Crippen molar-refractivity contribution in [1.82, 2.24) is 4.98 Å². The summed E-state index contributed by atoms with van der Waals surface area (Å²) >= 11 is 0. The molecule has 0 saturated heterocycles. The number of aromatic nitrogens is 1. The van der Waals surface area contributed by atoms with E-state index in [9.17, 15) is 4.39 Å². The molecule has 1 aromatic heterocycles. The van der Waals surface area contributed by atoms with Gasteiger partial charge in [0.1, 0.15) is 5.82 Å². The zero-order valence-electron chi connectivity index (χ0n) is 6.37. The molecule has 64 valence electrons. The molecule has 0 radical (unpaired) electrons. The fraction of sp³-hybridized carbons (Fsp3) is 0.143. The molecule has 0 aromatic carbocycles. The first-order chi connectivity index (χ1) is 5.68. The molecule has 0 amide bonds. The minimum Gasteiger partial charge on any atom is -0.370 e. The van der Waals surface area contributed by atoms with E-state index < -0.39 is 0 Å². The SMILES string of the molecule is NC(N)=NCc1ccc(F)cn1. The summed E-state index contributed by atoms with van der Waals surface area (Å²) < 4.78 is 12.3. The van der Waals surface area contributed by atoms with Crippen molar-refractivity contribution >= 4 is 5.96 Å². The van der Waals surface area contributed by atoms with Gasteiger partial charge in [0.2, 0.25) is 0 Å². The largest absolute Gasteiger partial charge is 0.370 e. The summed E-state index contributed by atoms with van der Waals surface area (Å²) in [6, 6.07) is 2.84. The highest BCUT2D eigenvalue weighted by Crippen LogP contribution is 1.98. The molecule has 4 N–H and O–H groups in total. The second kappa shape index (κ2) is 3.66. The van der Waals surface area contributed by atoms with Crippen LogP contribution in [-0.2, 0) is 6.54 Å². The molecule has 0 unspecified atom stereocenters. The van der Waals surface area contributed by atoms with Crippen LogP contribution in [0, 0.1) is 5.82 Å². The van der Waals surface area contributed by atoms with E-state index in [0.29, 0.717) is 5.69 Å². The third kappa shape index (κ3) is 2.53. The van der Waals surface area contributed by atoms with Crippen LogP contribution in [0.5, 0.6) is 0 Å². The van der Waals surface area contributed by atoms with Crippen LogP contribution in [0.15, 0.2) is 23.3 Å². The van der Waals surface area contributed by atoms with Crippen molar-refractivity contribution in [3.8, 4) is 0 Å². The Hall–Kier alpha value is -1.65. The summed E-state index contributed by atoms with van der Waals surface area (Å²) in [6.45, 7) is 0.280. The van der Waals surface area contributed by atoms with Crippen molar-refractivity contribution in [2.75, 3.05) is 0 Å². The van der Waals surface area contributed by atoms with Crippen LogP contribution in [0.25, 0.3) is 0 Å². The number of aliphatic imine (C=N–C) groups is 1. The van der Waals surface area contributed by atoms with Crippen molar-refractivity contribution in [2.45, 2.75) is 6.54 Å². The second-order valence-corrected chi connectivity index (χ2v) is 2.21. The van der Waals surface area contributed by atoms with Gasteiger partial charge in [-0.05, 0) is 12.1 Å². The quantitative estimate of drug-likeness (QED) is 0.481. The van der Waals surface area contributed by atoms with Crippen LogP contribution in [0.3, 0.4) is 0 Å². The van der Waals surface area contributed by atoms with Gasteiger partial charge in [-0.15, -0.1) is 0 Å². The molecular formula is C7H9FN4. The summed E-state index contributed by atoms with van der Waals surface area (Å²) in [5.74, 6) is -0.371. The standard InChI is InChI=1S/C7H9FN4/c8-5-1-2-6(11-3-5)4-12-7(9)10/h1-3H,4H2,(H4,9,10,12). The molecule has 0 aliphatic carbocycles. The number of nitrogens with two attached hydrogens (primary N) is 2. The number of halogens is 1. The number of guanidine groups is 1. The second-order valence-electron chi connectivity index (χ2n) is 2.21. The number of pyridine rings is 1. The maximum Gasteiger partial charge on any atom is 0.186 e. The van der Waals surface area contributed by atoms with Gasteiger partial charge in [0.05, 0.1) is 18.4 Å². The number of hydrogen-bond acceptors (Lipinski definition) is 2. The van der Waals surface area contributed by atoms with E-state index in [-0.39, 0.29) is 18.3 Å². The molecule has 0 aliphatic heterocycles. The Morgan fingerprint density at radius 2 is 2.25 bits per heavy atom. The third-order valence-corrected chi connectivity index (χ3v) is 1.21. The van der Waals surface area contributed by atoms with E-state index in [1.54, 1.807) is 0 Å². The van der Waals surface area contributed by atoms with Crippen LogP contribution in [0.4, 0.5) is 4.39 Å². The van der Waals surface area contributed by atoms with E-state index in [2.05, 4.69) is 9.98 Å². The lowest BCUT2D eigenvalue weighted by Gasteiger charge is -1.95. The van der Waals surface area contributed by atoms with E-state index >= 15 is 0 Å². The van der Waals surface area contributed by atoms with Gasteiger partial charge in [0, 0.05) is 0 Å². The van der Waals surface area contributed by atoms with Crippen LogP contribution in [0.1, 0.15) is 5.69 Å². The van der Waals surface area contributed by atoms with E-state index in [4.69, 9.17) is 11.5 Å². The highest BCUT2D eigenvalue weighted by Gasteiger charge is 1.93. The van der Waals surface area contributed by atoms with Gasteiger partial charge >= 0.3 is 0 Å². The molecule has 1 aromatic rings. The fourth-order valence-corrected chi connectivity index (χ4v) is 0.672. The van der Waals surface area contributed by atoms with Crippen LogP contribution in [-0.4, -0.2) is 10.9 Å². The summed E-state index contributed by atoms with van der Waals surface area (Å²) in [4.78, 5) is 7.47. The lowest BCUT2D eigenvalue weighted by atomic mass is 10.3. The maximum absolute atomic E-state index is 12.3. The van der Waals surface area contributed by atoms with Gasteiger partial charge in [0.15, 0.2) is 5.96 Å².